The summed E-state index contributed by atoms with van der Waals surface area (Å²) in [6.07, 6.45) is 12.2. The van der Waals surface area contributed by atoms with Crippen LogP contribution < -0.4 is 5.32 Å². The lowest BCUT2D eigenvalue weighted by Gasteiger charge is -2.55. The number of rotatable bonds is 3. The van der Waals surface area contributed by atoms with Crippen LogP contribution in [0, 0.1) is 29.6 Å². The van der Waals surface area contributed by atoms with Gasteiger partial charge in [0.05, 0.1) is 5.60 Å². The third kappa shape index (κ3) is 2.35. The number of hydrogen-bond donors (Lipinski definition) is 2. The van der Waals surface area contributed by atoms with Gasteiger partial charge < -0.3 is 10.4 Å². The molecule has 2 N–H and O–H groups in total. The first-order chi connectivity index (χ1) is 9.22. The Labute approximate surface area is 117 Å². The summed E-state index contributed by atoms with van der Waals surface area (Å²) in [4.78, 5) is 0. The van der Waals surface area contributed by atoms with Crippen LogP contribution in [0.5, 0.6) is 0 Å². The van der Waals surface area contributed by atoms with Crippen molar-refractivity contribution in [2.24, 2.45) is 29.6 Å². The Morgan fingerprint density at radius 1 is 1.00 bits per heavy atom. The summed E-state index contributed by atoms with van der Waals surface area (Å²) in [7, 11) is 0. The monoisotopic (exact) mass is 263 g/mol. The molecule has 0 aromatic carbocycles. The topological polar surface area (TPSA) is 32.3 Å². The van der Waals surface area contributed by atoms with Crippen molar-refractivity contribution in [3.05, 3.63) is 0 Å². The standard InChI is InChI=1S/C17H29NO/c19-17(3-1-5-18-11-17)4-2-16-14-7-12-6-13(9-14)10-15(16)8-12/h12-16,18-19H,1-11H2. The van der Waals surface area contributed by atoms with E-state index in [2.05, 4.69) is 5.32 Å². The number of piperidine rings is 1. The molecule has 2 heteroatoms. The number of hydrogen-bond acceptors (Lipinski definition) is 2. The van der Waals surface area contributed by atoms with E-state index in [0.29, 0.717) is 0 Å². The van der Waals surface area contributed by atoms with Crippen molar-refractivity contribution in [1.29, 1.82) is 0 Å². The maximum Gasteiger partial charge on any atom is 0.0772 e. The first-order valence-corrected chi connectivity index (χ1v) is 8.65. The van der Waals surface area contributed by atoms with Crippen molar-refractivity contribution in [3.8, 4) is 0 Å². The van der Waals surface area contributed by atoms with Gasteiger partial charge in [-0.2, -0.15) is 0 Å². The zero-order valence-corrected chi connectivity index (χ0v) is 12.1. The highest BCUT2D eigenvalue weighted by molar-refractivity contribution is 4.99. The molecule has 4 bridgehead atoms. The smallest absolute Gasteiger partial charge is 0.0772 e. The molecule has 0 spiro atoms. The van der Waals surface area contributed by atoms with E-state index >= 15 is 0 Å². The Balaban J connectivity index is 1.38. The summed E-state index contributed by atoms with van der Waals surface area (Å²) in [5, 5.41) is 14.0. The maximum atomic E-state index is 10.7. The van der Waals surface area contributed by atoms with Crippen LogP contribution in [0.2, 0.25) is 0 Å². The Morgan fingerprint density at radius 2 is 1.68 bits per heavy atom. The van der Waals surface area contributed by atoms with Gasteiger partial charge in [-0.3, -0.25) is 0 Å². The van der Waals surface area contributed by atoms with Crippen molar-refractivity contribution in [3.63, 3.8) is 0 Å². The normalized spacial score (nSPS) is 52.6. The fraction of sp³-hybridized carbons (Fsp3) is 1.00. The molecule has 19 heavy (non-hydrogen) atoms. The summed E-state index contributed by atoms with van der Waals surface area (Å²) in [6, 6.07) is 0. The third-order valence-electron chi connectivity index (χ3n) is 6.81. The molecule has 0 aromatic rings. The predicted molar refractivity (Wildman–Crippen MR) is 76.8 cm³/mol. The molecule has 0 radical (unpaired) electrons. The largest absolute Gasteiger partial charge is 0.389 e. The van der Waals surface area contributed by atoms with Gasteiger partial charge in [-0.05, 0) is 93.9 Å². The molecule has 1 unspecified atom stereocenters. The zero-order valence-electron chi connectivity index (χ0n) is 12.1. The van der Waals surface area contributed by atoms with Gasteiger partial charge in [0.2, 0.25) is 0 Å². The molecule has 2 nitrogen and oxygen atoms in total. The molecule has 5 rings (SSSR count). The second-order valence-electron chi connectivity index (χ2n) is 8.14. The van der Waals surface area contributed by atoms with Crippen molar-refractivity contribution in [2.45, 2.75) is 63.4 Å². The fourth-order valence-corrected chi connectivity index (χ4v) is 6.11. The highest BCUT2D eigenvalue weighted by Gasteiger charge is 2.48. The molecule has 0 aromatic heterocycles. The Bertz CT molecular complexity index is 306. The number of nitrogens with one attached hydrogen (secondary N) is 1. The highest BCUT2D eigenvalue weighted by Crippen LogP contribution is 2.57. The quantitative estimate of drug-likeness (QED) is 0.820. The number of β-amino-alcohol motifs (C(OH)–C–C–N with tert-alkyl or cyclic N) is 1. The van der Waals surface area contributed by atoms with Crippen molar-refractivity contribution < 1.29 is 5.11 Å². The Kier molecular flexibility index (Phi) is 3.15. The predicted octanol–water partition coefficient (Wildman–Crippen LogP) is 2.95. The molecule has 0 amide bonds. The van der Waals surface area contributed by atoms with Gasteiger partial charge in [-0.1, -0.05) is 0 Å². The van der Waals surface area contributed by atoms with Crippen LogP contribution in [0.1, 0.15) is 57.8 Å². The minimum Gasteiger partial charge on any atom is -0.389 e. The molecular formula is C17H29NO. The van der Waals surface area contributed by atoms with Crippen LogP contribution in [0.25, 0.3) is 0 Å². The van der Waals surface area contributed by atoms with Gasteiger partial charge in [0.25, 0.3) is 0 Å². The average Bonchev–Trinajstić information content (AvgIpc) is 2.38. The van der Waals surface area contributed by atoms with Gasteiger partial charge >= 0.3 is 0 Å². The van der Waals surface area contributed by atoms with Crippen LogP contribution in [-0.2, 0) is 0 Å². The van der Waals surface area contributed by atoms with Crippen LogP contribution in [0.15, 0.2) is 0 Å². The SMILES string of the molecule is OC1(CCC2C3CC4CC(C3)CC2C4)CCCNC1. The second-order valence-corrected chi connectivity index (χ2v) is 8.14. The van der Waals surface area contributed by atoms with E-state index in [1.54, 1.807) is 6.42 Å². The van der Waals surface area contributed by atoms with Crippen molar-refractivity contribution in [1.82, 2.24) is 5.32 Å². The van der Waals surface area contributed by atoms with Gasteiger partial charge in [-0.25, -0.2) is 0 Å². The van der Waals surface area contributed by atoms with Crippen molar-refractivity contribution >= 4 is 0 Å². The van der Waals surface area contributed by atoms with Crippen LogP contribution in [0.4, 0.5) is 0 Å². The summed E-state index contributed by atoms with van der Waals surface area (Å²) in [5.74, 6) is 5.17. The molecule has 1 atom stereocenters. The van der Waals surface area contributed by atoms with E-state index < -0.39 is 0 Å². The molecule has 1 aliphatic heterocycles. The minimum atomic E-state index is -0.382. The van der Waals surface area contributed by atoms with E-state index in [-0.39, 0.29) is 5.60 Å². The molecule has 108 valence electrons. The van der Waals surface area contributed by atoms with E-state index in [1.807, 2.05) is 0 Å². The summed E-state index contributed by atoms with van der Waals surface area (Å²) in [5.41, 5.74) is -0.382. The highest BCUT2D eigenvalue weighted by atomic mass is 16.3. The summed E-state index contributed by atoms with van der Waals surface area (Å²) >= 11 is 0. The third-order valence-corrected chi connectivity index (χ3v) is 6.81. The van der Waals surface area contributed by atoms with Crippen LogP contribution in [-0.4, -0.2) is 23.8 Å². The first-order valence-electron chi connectivity index (χ1n) is 8.65. The summed E-state index contributed by atoms with van der Waals surface area (Å²) in [6.45, 7) is 1.93. The Hall–Kier alpha value is -0.0800. The Morgan fingerprint density at radius 3 is 2.26 bits per heavy atom. The molecule has 1 saturated heterocycles. The lowest BCUT2D eigenvalue weighted by molar-refractivity contribution is -0.0570. The molecule has 4 saturated carbocycles. The van der Waals surface area contributed by atoms with Gasteiger partial charge in [0.1, 0.15) is 0 Å². The average molecular weight is 263 g/mol. The van der Waals surface area contributed by atoms with Crippen LogP contribution in [0.3, 0.4) is 0 Å². The molecule has 5 aliphatic rings. The number of aliphatic hydroxyl groups is 1. The van der Waals surface area contributed by atoms with E-state index in [9.17, 15) is 5.11 Å². The van der Waals surface area contributed by atoms with Crippen molar-refractivity contribution in [2.75, 3.05) is 13.1 Å². The second kappa shape index (κ2) is 4.73. The van der Waals surface area contributed by atoms with E-state index in [1.165, 1.54) is 32.1 Å². The lowest BCUT2D eigenvalue weighted by atomic mass is 9.51. The first kappa shape index (κ1) is 12.6. The van der Waals surface area contributed by atoms with Gasteiger partial charge in [-0.15, -0.1) is 0 Å². The fourth-order valence-electron chi connectivity index (χ4n) is 6.11. The molecule has 4 aliphatic carbocycles. The van der Waals surface area contributed by atoms with E-state index in [4.69, 9.17) is 0 Å². The molecule has 1 heterocycles. The lowest BCUT2D eigenvalue weighted by Crippen LogP contribution is -2.48. The van der Waals surface area contributed by atoms with Gasteiger partial charge in [0, 0.05) is 6.54 Å². The molecule has 5 fully saturated rings. The summed E-state index contributed by atoms with van der Waals surface area (Å²) < 4.78 is 0. The van der Waals surface area contributed by atoms with Crippen LogP contribution >= 0.6 is 0 Å². The van der Waals surface area contributed by atoms with E-state index in [0.717, 1.165) is 61.9 Å². The van der Waals surface area contributed by atoms with Gasteiger partial charge in [0.15, 0.2) is 0 Å². The maximum absolute atomic E-state index is 10.7. The zero-order chi connectivity index (χ0) is 12.9. The minimum absolute atomic E-state index is 0.382. The molecular weight excluding hydrogens is 234 g/mol.